The highest BCUT2D eigenvalue weighted by atomic mass is 32.2. The first-order chi connectivity index (χ1) is 9.04. The number of carbonyl (C=O) groups excluding carboxylic acids is 1. The highest BCUT2D eigenvalue weighted by Crippen LogP contribution is 2.22. The Morgan fingerprint density at radius 3 is 2.79 bits per heavy atom. The molecule has 0 atom stereocenters. The fourth-order valence-corrected chi connectivity index (χ4v) is 2.73. The van der Waals surface area contributed by atoms with Gasteiger partial charge in [-0.25, -0.2) is 22.9 Å². The molecule has 0 fully saturated rings. The number of hydrazone groups is 1. The van der Waals surface area contributed by atoms with Gasteiger partial charge in [0.05, 0.1) is 13.7 Å². The normalized spacial score (nSPS) is 14.5. The number of rotatable bonds is 3. The Bertz CT molecular complexity index is 612. The third-order valence-corrected chi connectivity index (χ3v) is 3.87. The van der Waals surface area contributed by atoms with Gasteiger partial charge in [-0.05, 0) is 12.1 Å². The number of methoxy groups -OCH3 is 1. The lowest BCUT2D eigenvalue weighted by molar-refractivity contribution is 0.211. The second kappa shape index (κ2) is 5.27. The standard InChI is InChI=1S/C11H13N3O4S/c1-18-9-5-2-3-6-10(9)19(16,17)13-11(15)14-8-4-7-12-14/h2-3,5-7H,4,8H2,1H3,(H,13,15). The van der Waals surface area contributed by atoms with E-state index in [-0.39, 0.29) is 10.6 Å². The molecule has 1 aliphatic rings. The van der Waals surface area contributed by atoms with Gasteiger partial charge >= 0.3 is 6.03 Å². The van der Waals surface area contributed by atoms with Gasteiger partial charge in [0, 0.05) is 12.6 Å². The molecule has 1 aliphatic heterocycles. The molecule has 2 amide bonds. The van der Waals surface area contributed by atoms with E-state index in [0.29, 0.717) is 13.0 Å². The number of ether oxygens (including phenoxy) is 1. The van der Waals surface area contributed by atoms with E-state index in [1.54, 1.807) is 18.3 Å². The number of amides is 2. The Kier molecular flexibility index (Phi) is 3.70. The van der Waals surface area contributed by atoms with E-state index < -0.39 is 16.1 Å². The lowest BCUT2D eigenvalue weighted by Crippen LogP contribution is -2.39. The summed E-state index contributed by atoms with van der Waals surface area (Å²) in [5.74, 6) is 0.174. The molecule has 8 heteroatoms. The molecule has 1 aromatic rings. The Hall–Kier alpha value is -2.09. The maximum absolute atomic E-state index is 12.1. The number of sulfonamides is 1. The van der Waals surface area contributed by atoms with Crippen molar-refractivity contribution in [2.75, 3.05) is 13.7 Å². The minimum absolute atomic E-state index is 0.0889. The van der Waals surface area contributed by atoms with Crippen LogP contribution in [0.25, 0.3) is 0 Å². The number of urea groups is 1. The van der Waals surface area contributed by atoms with Crippen LogP contribution in [0, 0.1) is 0 Å². The Balaban J connectivity index is 2.22. The summed E-state index contributed by atoms with van der Waals surface area (Å²) in [6.45, 7) is 0.368. The minimum atomic E-state index is -3.98. The van der Waals surface area contributed by atoms with Gasteiger partial charge in [0.15, 0.2) is 0 Å². The molecule has 0 saturated carbocycles. The lowest BCUT2D eigenvalue weighted by Gasteiger charge is -2.14. The van der Waals surface area contributed by atoms with Gasteiger partial charge in [0.25, 0.3) is 10.0 Å². The summed E-state index contributed by atoms with van der Waals surface area (Å²) in [4.78, 5) is 11.6. The fourth-order valence-electron chi connectivity index (χ4n) is 1.61. The smallest absolute Gasteiger partial charge is 0.351 e. The lowest BCUT2D eigenvalue weighted by atomic mass is 10.3. The van der Waals surface area contributed by atoms with Crippen LogP contribution in [0.15, 0.2) is 34.3 Å². The summed E-state index contributed by atoms with van der Waals surface area (Å²) in [5, 5.41) is 4.82. The summed E-state index contributed by atoms with van der Waals surface area (Å²) in [6.07, 6.45) is 2.16. The van der Waals surface area contributed by atoms with Gasteiger partial charge in [-0.1, -0.05) is 12.1 Å². The Labute approximate surface area is 110 Å². The van der Waals surface area contributed by atoms with Crippen molar-refractivity contribution in [3.05, 3.63) is 24.3 Å². The van der Waals surface area contributed by atoms with Crippen LogP contribution in [0.3, 0.4) is 0 Å². The zero-order valence-corrected chi connectivity index (χ0v) is 11.1. The number of hydrogen-bond acceptors (Lipinski definition) is 5. The molecule has 0 saturated heterocycles. The third kappa shape index (κ3) is 2.84. The molecule has 102 valence electrons. The Morgan fingerprint density at radius 1 is 1.42 bits per heavy atom. The van der Waals surface area contributed by atoms with E-state index in [4.69, 9.17) is 4.74 Å². The number of nitrogens with zero attached hydrogens (tertiary/aromatic N) is 2. The quantitative estimate of drug-likeness (QED) is 0.888. The summed E-state index contributed by atoms with van der Waals surface area (Å²) in [7, 11) is -2.62. The molecule has 0 aliphatic carbocycles. The van der Waals surface area contributed by atoms with Crippen molar-refractivity contribution in [1.82, 2.24) is 9.73 Å². The van der Waals surface area contributed by atoms with Crippen LogP contribution in [-0.2, 0) is 10.0 Å². The maximum atomic E-state index is 12.1. The Morgan fingerprint density at radius 2 is 2.16 bits per heavy atom. The van der Waals surface area contributed by atoms with E-state index in [9.17, 15) is 13.2 Å². The van der Waals surface area contributed by atoms with Crippen molar-refractivity contribution in [1.29, 1.82) is 0 Å². The van der Waals surface area contributed by atoms with Crippen molar-refractivity contribution in [2.24, 2.45) is 5.10 Å². The predicted molar refractivity (Wildman–Crippen MR) is 68.5 cm³/mol. The average Bonchev–Trinajstić information content (AvgIpc) is 2.92. The van der Waals surface area contributed by atoms with Crippen LogP contribution >= 0.6 is 0 Å². The van der Waals surface area contributed by atoms with Crippen LogP contribution in [0.2, 0.25) is 0 Å². The van der Waals surface area contributed by atoms with E-state index in [0.717, 1.165) is 5.01 Å². The number of nitrogens with one attached hydrogen (secondary N) is 1. The fraction of sp³-hybridized carbons (Fsp3) is 0.273. The van der Waals surface area contributed by atoms with Gasteiger partial charge in [-0.2, -0.15) is 5.10 Å². The van der Waals surface area contributed by atoms with Gasteiger partial charge in [-0.3, -0.25) is 0 Å². The minimum Gasteiger partial charge on any atom is -0.495 e. The van der Waals surface area contributed by atoms with Gasteiger partial charge in [0.1, 0.15) is 10.6 Å². The van der Waals surface area contributed by atoms with Crippen LogP contribution < -0.4 is 9.46 Å². The second-order valence-corrected chi connectivity index (χ2v) is 5.42. The zero-order chi connectivity index (χ0) is 13.9. The molecular weight excluding hydrogens is 270 g/mol. The highest BCUT2D eigenvalue weighted by molar-refractivity contribution is 7.90. The molecule has 0 unspecified atom stereocenters. The predicted octanol–water partition coefficient (Wildman–Crippen LogP) is 0.785. The topological polar surface area (TPSA) is 88.1 Å². The summed E-state index contributed by atoms with van der Waals surface area (Å²) in [5.41, 5.74) is 0. The van der Waals surface area contributed by atoms with E-state index in [1.807, 2.05) is 4.72 Å². The monoisotopic (exact) mass is 283 g/mol. The second-order valence-electron chi connectivity index (χ2n) is 3.77. The first-order valence-electron chi connectivity index (χ1n) is 5.54. The molecule has 1 N–H and O–H groups in total. The molecule has 0 radical (unpaired) electrons. The number of hydrogen-bond donors (Lipinski definition) is 1. The molecule has 0 bridgehead atoms. The largest absolute Gasteiger partial charge is 0.495 e. The maximum Gasteiger partial charge on any atom is 0.351 e. The van der Waals surface area contributed by atoms with E-state index >= 15 is 0 Å². The van der Waals surface area contributed by atoms with Gasteiger partial charge in [-0.15, -0.1) is 0 Å². The SMILES string of the molecule is COc1ccccc1S(=O)(=O)NC(=O)N1CCC=N1. The number of carbonyl (C=O) groups is 1. The van der Waals surface area contributed by atoms with Crippen LogP contribution in [0.1, 0.15) is 6.42 Å². The summed E-state index contributed by atoms with van der Waals surface area (Å²) >= 11 is 0. The highest BCUT2D eigenvalue weighted by Gasteiger charge is 2.25. The third-order valence-electron chi connectivity index (χ3n) is 2.51. The zero-order valence-electron chi connectivity index (χ0n) is 10.2. The molecule has 0 aromatic heterocycles. The van der Waals surface area contributed by atoms with Crippen molar-refractivity contribution in [2.45, 2.75) is 11.3 Å². The number of benzene rings is 1. The van der Waals surface area contributed by atoms with Gasteiger partial charge < -0.3 is 4.74 Å². The summed E-state index contributed by atoms with van der Waals surface area (Å²) in [6, 6.07) is 5.29. The molecule has 7 nitrogen and oxygen atoms in total. The molecule has 1 heterocycles. The van der Waals surface area contributed by atoms with Crippen molar-refractivity contribution < 1.29 is 17.9 Å². The van der Waals surface area contributed by atoms with Crippen LogP contribution in [0.5, 0.6) is 5.75 Å². The average molecular weight is 283 g/mol. The first-order valence-corrected chi connectivity index (χ1v) is 7.02. The van der Waals surface area contributed by atoms with E-state index in [1.165, 1.54) is 19.2 Å². The molecule has 1 aromatic carbocycles. The van der Waals surface area contributed by atoms with Crippen molar-refractivity contribution in [3.8, 4) is 5.75 Å². The van der Waals surface area contributed by atoms with E-state index in [2.05, 4.69) is 5.10 Å². The number of para-hydroxylation sites is 1. The molecule has 19 heavy (non-hydrogen) atoms. The van der Waals surface area contributed by atoms with Crippen LogP contribution in [0.4, 0.5) is 4.79 Å². The molecular formula is C11H13N3O4S. The summed E-state index contributed by atoms with van der Waals surface area (Å²) < 4.78 is 31.1. The molecule has 2 rings (SSSR count). The molecule has 0 spiro atoms. The van der Waals surface area contributed by atoms with Crippen molar-refractivity contribution >= 4 is 22.3 Å². The van der Waals surface area contributed by atoms with Crippen LogP contribution in [-0.4, -0.2) is 39.3 Å². The van der Waals surface area contributed by atoms with Crippen molar-refractivity contribution in [3.63, 3.8) is 0 Å². The van der Waals surface area contributed by atoms with Gasteiger partial charge in [0.2, 0.25) is 0 Å². The first kappa shape index (κ1) is 13.3.